The number of aliphatic carboxylic acids is 1. The van der Waals surface area contributed by atoms with E-state index < -0.39 is 5.97 Å². The van der Waals surface area contributed by atoms with E-state index in [0.717, 1.165) is 17.3 Å². The molecular formula is C25H18Cl2N2O5S. The molecular weight excluding hydrogens is 511 g/mol. The molecule has 1 heterocycles. The van der Waals surface area contributed by atoms with Gasteiger partial charge < -0.3 is 19.0 Å². The molecule has 1 N–H and O–H groups in total. The predicted molar refractivity (Wildman–Crippen MR) is 135 cm³/mol. The SMILES string of the molecule is COc1cc(/C=C(\Sc2nnc(-c3ccc(Cl)cc3)o2)C(=O)O)cc(Cl)c1OCc1ccccc1. The fourth-order valence-corrected chi connectivity index (χ4v) is 4.11. The Balaban J connectivity index is 1.55. The number of halogens is 2. The normalized spacial score (nSPS) is 11.3. The molecule has 7 nitrogen and oxygen atoms in total. The number of methoxy groups -OCH3 is 1. The lowest BCUT2D eigenvalue weighted by atomic mass is 10.2. The molecule has 0 aliphatic carbocycles. The summed E-state index contributed by atoms with van der Waals surface area (Å²) in [7, 11) is 1.48. The van der Waals surface area contributed by atoms with Crippen molar-refractivity contribution in [2.45, 2.75) is 11.8 Å². The largest absolute Gasteiger partial charge is 0.493 e. The summed E-state index contributed by atoms with van der Waals surface area (Å²) < 4.78 is 16.9. The highest BCUT2D eigenvalue weighted by Crippen LogP contribution is 2.38. The van der Waals surface area contributed by atoms with Crippen molar-refractivity contribution in [2.24, 2.45) is 0 Å². The van der Waals surface area contributed by atoms with Crippen molar-refractivity contribution >= 4 is 47.0 Å². The molecule has 0 unspecified atom stereocenters. The summed E-state index contributed by atoms with van der Waals surface area (Å²) in [6.07, 6.45) is 1.44. The first-order chi connectivity index (χ1) is 16.9. The summed E-state index contributed by atoms with van der Waals surface area (Å²) in [5.41, 5.74) is 2.13. The monoisotopic (exact) mass is 528 g/mol. The van der Waals surface area contributed by atoms with Gasteiger partial charge in [0.2, 0.25) is 5.89 Å². The summed E-state index contributed by atoms with van der Waals surface area (Å²) >= 11 is 13.2. The van der Waals surface area contributed by atoms with Crippen molar-refractivity contribution in [3.63, 3.8) is 0 Å². The molecule has 0 atom stereocenters. The second-order valence-electron chi connectivity index (χ2n) is 7.10. The number of aromatic nitrogens is 2. The first-order valence-electron chi connectivity index (χ1n) is 10.2. The van der Waals surface area contributed by atoms with Crippen molar-refractivity contribution in [1.82, 2.24) is 10.2 Å². The van der Waals surface area contributed by atoms with E-state index in [1.807, 2.05) is 30.3 Å². The lowest BCUT2D eigenvalue weighted by Gasteiger charge is -2.13. The van der Waals surface area contributed by atoms with Crippen molar-refractivity contribution in [3.05, 3.63) is 92.8 Å². The summed E-state index contributed by atoms with van der Waals surface area (Å²) in [4.78, 5) is 11.9. The van der Waals surface area contributed by atoms with Gasteiger partial charge in [0.15, 0.2) is 11.5 Å². The molecule has 0 aliphatic rings. The number of carboxylic acid groups (broad SMARTS) is 1. The molecule has 178 valence electrons. The van der Waals surface area contributed by atoms with Gasteiger partial charge >= 0.3 is 5.97 Å². The number of thioether (sulfide) groups is 1. The van der Waals surface area contributed by atoms with Gasteiger partial charge in [-0.2, -0.15) is 0 Å². The molecule has 0 spiro atoms. The van der Waals surface area contributed by atoms with Gasteiger partial charge in [-0.25, -0.2) is 4.79 Å². The highest BCUT2D eigenvalue weighted by molar-refractivity contribution is 8.03. The van der Waals surface area contributed by atoms with Crippen molar-refractivity contribution in [1.29, 1.82) is 0 Å². The van der Waals surface area contributed by atoms with Crippen LogP contribution in [0.1, 0.15) is 11.1 Å². The molecule has 1 aromatic heterocycles. The average Bonchev–Trinajstić information content (AvgIpc) is 3.32. The maximum absolute atomic E-state index is 11.9. The lowest BCUT2D eigenvalue weighted by Crippen LogP contribution is -2.00. The third-order valence-corrected chi connectivity index (χ3v) is 6.07. The number of carbonyl (C=O) groups is 1. The quantitative estimate of drug-likeness (QED) is 0.186. The van der Waals surface area contributed by atoms with Gasteiger partial charge in [0.1, 0.15) is 11.5 Å². The lowest BCUT2D eigenvalue weighted by molar-refractivity contribution is -0.131. The number of rotatable bonds is 9. The van der Waals surface area contributed by atoms with Crippen LogP contribution < -0.4 is 9.47 Å². The number of hydrogen-bond acceptors (Lipinski definition) is 7. The molecule has 10 heteroatoms. The number of nitrogens with zero attached hydrogens (tertiary/aromatic N) is 2. The second-order valence-corrected chi connectivity index (χ2v) is 8.94. The van der Waals surface area contributed by atoms with E-state index in [0.29, 0.717) is 34.3 Å². The van der Waals surface area contributed by atoms with Crippen LogP contribution in [0.2, 0.25) is 10.0 Å². The molecule has 4 rings (SSSR count). The molecule has 0 fully saturated rings. The van der Waals surface area contributed by atoms with Crippen LogP contribution in [-0.2, 0) is 11.4 Å². The smallest absolute Gasteiger partial charge is 0.342 e. The van der Waals surface area contributed by atoms with E-state index in [9.17, 15) is 9.90 Å². The number of carboxylic acids is 1. The molecule has 0 bridgehead atoms. The topological polar surface area (TPSA) is 94.7 Å². The fraction of sp³-hybridized carbons (Fsp3) is 0.0800. The average molecular weight is 529 g/mol. The Morgan fingerprint density at radius 2 is 1.83 bits per heavy atom. The van der Waals surface area contributed by atoms with E-state index in [2.05, 4.69) is 10.2 Å². The van der Waals surface area contributed by atoms with E-state index >= 15 is 0 Å². The Morgan fingerprint density at radius 3 is 2.51 bits per heavy atom. The van der Waals surface area contributed by atoms with E-state index in [1.165, 1.54) is 13.2 Å². The molecule has 0 saturated heterocycles. The minimum atomic E-state index is -1.17. The molecule has 3 aromatic carbocycles. The second kappa shape index (κ2) is 11.3. The zero-order valence-electron chi connectivity index (χ0n) is 18.3. The Hall–Kier alpha value is -3.46. The maximum Gasteiger partial charge on any atom is 0.342 e. The Morgan fingerprint density at radius 1 is 1.09 bits per heavy atom. The maximum atomic E-state index is 11.9. The van der Waals surface area contributed by atoms with Crippen LogP contribution in [0.4, 0.5) is 0 Å². The summed E-state index contributed by atoms with van der Waals surface area (Å²) in [6.45, 7) is 0.301. The highest BCUT2D eigenvalue weighted by Gasteiger charge is 2.18. The van der Waals surface area contributed by atoms with Crippen LogP contribution in [0, 0.1) is 0 Å². The third kappa shape index (κ3) is 6.36. The van der Waals surface area contributed by atoms with E-state index in [-0.39, 0.29) is 21.0 Å². The first kappa shape index (κ1) is 24.7. The standard InChI is InChI=1S/C25H18Cl2N2O5S/c1-32-20-12-16(11-19(27)22(20)33-14-15-5-3-2-4-6-15)13-21(24(30)31)35-25-29-28-23(34-25)17-7-9-18(26)10-8-17/h2-13H,14H2,1H3,(H,30,31)/b21-13-. The van der Waals surface area contributed by atoms with Gasteiger partial charge in [0, 0.05) is 10.6 Å². The van der Waals surface area contributed by atoms with Crippen LogP contribution in [-0.4, -0.2) is 28.4 Å². The summed E-state index contributed by atoms with van der Waals surface area (Å²) in [6, 6.07) is 19.7. The van der Waals surface area contributed by atoms with Gasteiger partial charge in [-0.05, 0) is 65.4 Å². The molecule has 0 radical (unpaired) electrons. The summed E-state index contributed by atoms with van der Waals surface area (Å²) in [5.74, 6) is -0.180. The molecule has 0 saturated carbocycles. The Labute approximate surface area is 215 Å². The van der Waals surface area contributed by atoms with Crippen molar-refractivity contribution < 1.29 is 23.8 Å². The third-order valence-electron chi connectivity index (χ3n) is 4.68. The minimum Gasteiger partial charge on any atom is -0.493 e. The van der Waals surface area contributed by atoms with Gasteiger partial charge in [-0.15, -0.1) is 10.2 Å². The van der Waals surface area contributed by atoms with Crippen LogP contribution in [0.3, 0.4) is 0 Å². The number of hydrogen-bond donors (Lipinski definition) is 1. The predicted octanol–water partition coefficient (Wildman–Crippen LogP) is 6.85. The first-order valence-corrected chi connectivity index (χ1v) is 11.8. The molecule has 35 heavy (non-hydrogen) atoms. The van der Waals surface area contributed by atoms with Gasteiger partial charge in [0.25, 0.3) is 5.22 Å². The molecule has 4 aromatic rings. The highest BCUT2D eigenvalue weighted by atomic mass is 35.5. The van der Waals surface area contributed by atoms with E-state index in [1.54, 1.807) is 36.4 Å². The number of ether oxygens (including phenoxy) is 2. The van der Waals surface area contributed by atoms with Crippen LogP contribution in [0.5, 0.6) is 11.5 Å². The Kier molecular flexibility index (Phi) is 7.97. The van der Waals surface area contributed by atoms with Crippen molar-refractivity contribution in [3.8, 4) is 23.0 Å². The minimum absolute atomic E-state index is 0.0487. The molecule has 0 aliphatic heterocycles. The number of benzene rings is 3. The van der Waals surface area contributed by atoms with Crippen LogP contribution in [0.15, 0.2) is 81.3 Å². The van der Waals surface area contributed by atoms with Gasteiger partial charge in [-0.1, -0.05) is 53.5 Å². The van der Waals surface area contributed by atoms with Crippen molar-refractivity contribution in [2.75, 3.05) is 7.11 Å². The van der Waals surface area contributed by atoms with Gasteiger partial charge in [0.05, 0.1) is 12.1 Å². The van der Waals surface area contributed by atoms with Crippen LogP contribution >= 0.6 is 35.0 Å². The zero-order chi connectivity index (χ0) is 24.8. The summed E-state index contributed by atoms with van der Waals surface area (Å²) in [5, 5.41) is 18.6. The van der Waals surface area contributed by atoms with E-state index in [4.69, 9.17) is 37.1 Å². The molecule has 0 amide bonds. The Bertz CT molecular complexity index is 1360. The fourth-order valence-electron chi connectivity index (χ4n) is 3.03. The zero-order valence-corrected chi connectivity index (χ0v) is 20.6. The van der Waals surface area contributed by atoms with Crippen LogP contribution in [0.25, 0.3) is 17.5 Å². The van der Waals surface area contributed by atoms with Gasteiger partial charge in [-0.3, -0.25) is 0 Å².